The molecule has 1 aliphatic heterocycles. The molecule has 2 amide bonds. The summed E-state index contributed by atoms with van der Waals surface area (Å²) in [5, 5.41) is 0. The summed E-state index contributed by atoms with van der Waals surface area (Å²) in [6, 6.07) is 7.89. The minimum Gasteiger partial charge on any atom is -0.339 e. The molecule has 1 aliphatic rings. The van der Waals surface area contributed by atoms with Gasteiger partial charge in [-0.1, -0.05) is 46.8 Å². The lowest BCUT2D eigenvalue weighted by Crippen LogP contribution is -2.51. The van der Waals surface area contributed by atoms with E-state index < -0.39 is 0 Å². The Balaban J connectivity index is 1.99. The second-order valence-electron chi connectivity index (χ2n) is 7.60. The maximum absolute atomic E-state index is 12.6. The fourth-order valence-corrected chi connectivity index (χ4v) is 2.79. The van der Waals surface area contributed by atoms with Crippen molar-refractivity contribution in [2.75, 3.05) is 26.2 Å². The number of hydrogen-bond acceptors (Lipinski definition) is 2. The van der Waals surface area contributed by atoms with Crippen molar-refractivity contribution >= 4 is 11.8 Å². The molecule has 4 heteroatoms. The first-order valence-electron chi connectivity index (χ1n) is 8.39. The highest BCUT2D eigenvalue weighted by Crippen LogP contribution is 2.22. The number of nitrogens with zero attached hydrogens (tertiary/aromatic N) is 2. The predicted octanol–water partition coefficient (Wildman–Crippen LogP) is 2.92. The van der Waals surface area contributed by atoms with Crippen molar-refractivity contribution in [2.45, 2.75) is 40.0 Å². The lowest BCUT2D eigenvalue weighted by molar-refractivity contribution is -0.135. The minimum absolute atomic E-state index is 0.0159. The lowest BCUT2D eigenvalue weighted by Gasteiger charge is -2.35. The third kappa shape index (κ3) is 4.12. The molecule has 1 aromatic rings. The zero-order chi connectivity index (χ0) is 17.2. The zero-order valence-electron chi connectivity index (χ0n) is 14.9. The van der Waals surface area contributed by atoms with Gasteiger partial charge >= 0.3 is 0 Å². The second kappa shape index (κ2) is 6.73. The smallest absolute Gasteiger partial charge is 0.253 e. The molecule has 1 aromatic carbocycles. The highest BCUT2D eigenvalue weighted by atomic mass is 16.2. The topological polar surface area (TPSA) is 40.6 Å². The van der Waals surface area contributed by atoms with Gasteiger partial charge in [-0.2, -0.15) is 0 Å². The maximum Gasteiger partial charge on any atom is 0.253 e. The molecule has 0 bridgehead atoms. The molecule has 1 heterocycles. The van der Waals surface area contributed by atoms with Crippen molar-refractivity contribution in [3.8, 4) is 0 Å². The van der Waals surface area contributed by atoms with E-state index in [1.807, 2.05) is 47.9 Å². The van der Waals surface area contributed by atoms with Gasteiger partial charge in [0.2, 0.25) is 5.91 Å². The van der Waals surface area contributed by atoms with E-state index in [-0.39, 0.29) is 23.1 Å². The molecule has 0 saturated carbocycles. The summed E-state index contributed by atoms with van der Waals surface area (Å²) in [7, 11) is 0. The third-order valence-electron chi connectivity index (χ3n) is 4.37. The minimum atomic E-state index is 0.0159. The Morgan fingerprint density at radius 1 is 0.913 bits per heavy atom. The quantitative estimate of drug-likeness (QED) is 0.842. The van der Waals surface area contributed by atoms with Gasteiger partial charge in [0.05, 0.1) is 0 Å². The monoisotopic (exact) mass is 316 g/mol. The standard InChI is InChI=1S/C19H28N2O2/c1-14(2)17(22)20-10-12-21(13-11-20)18(23)15-6-8-16(9-7-15)19(3,4)5/h6-9,14H,10-13H2,1-5H3. The van der Waals surface area contributed by atoms with Crippen LogP contribution in [0.1, 0.15) is 50.5 Å². The summed E-state index contributed by atoms with van der Waals surface area (Å²) >= 11 is 0. The fourth-order valence-electron chi connectivity index (χ4n) is 2.79. The van der Waals surface area contributed by atoms with E-state index >= 15 is 0 Å². The molecule has 0 unspecified atom stereocenters. The first kappa shape index (κ1) is 17.5. The molecule has 1 saturated heterocycles. The molecule has 0 spiro atoms. The van der Waals surface area contributed by atoms with Crippen molar-refractivity contribution in [3.05, 3.63) is 35.4 Å². The third-order valence-corrected chi connectivity index (χ3v) is 4.37. The van der Waals surface area contributed by atoms with Crippen molar-refractivity contribution in [3.63, 3.8) is 0 Å². The zero-order valence-corrected chi connectivity index (χ0v) is 14.9. The first-order valence-corrected chi connectivity index (χ1v) is 8.39. The Bertz CT molecular complexity index is 562. The van der Waals surface area contributed by atoms with Gasteiger partial charge in [-0.25, -0.2) is 0 Å². The largest absolute Gasteiger partial charge is 0.339 e. The second-order valence-corrected chi connectivity index (χ2v) is 7.60. The highest BCUT2D eigenvalue weighted by Gasteiger charge is 2.26. The number of carbonyl (C=O) groups excluding carboxylic acids is 2. The maximum atomic E-state index is 12.6. The summed E-state index contributed by atoms with van der Waals surface area (Å²) in [6.45, 7) is 12.8. The van der Waals surface area contributed by atoms with Crippen LogP contribution in [0.3, 0.4) is 0 Å². The van der Waals surface area contributed by atoms with Crippen molar-refractivity contribution < 1.29 is 9.59 Å². The molecule has 4 nitrogen and oxygen atoms in total. The Hall–Kier alpha value is -1.84. The van der Waals surface area contributed by atoms with Crippen molar-refractivity contribution in [2.24, 2.45) is 5.92 Å². The number of carbonyl (C=O) groups is 2. The summed E-state index contributed by atoms with van der Waals surface area (Å²) in [5.74, 6) is 0.246. The average molecular weight is 316 g/mol. The molecule has 0 N–H and O–H groups in total. The van der Waals surface area contributed by atoms with E-state index in [0.29, 0.717) is 26.2 Å². The summed E-state index contributed by atoms with van der Waals surface area (Å²) < 4.78 is 0. The van der Waals surface area contributed by atoms with E-state index in [1.54, 1.807) is 0 Å². The van der Waals surface area contributed by atoms with Crippen LogP contribution in [0, 0.1) is 5.92 Å². The van der Waals surface area contributed by atoms with E-state index in [0.717, 1.165) is 5.56 Å². The number of rotatable bonds is 2. The van der Waals surface area contributed by atoms with Crippen molar-refractivity contribution in [1.29, 1.82) is 0 Å². The van der Waals surface area contributed by atoms with Gasteiger partial charge in [-0.3, -0.25) is 9.59 Å². The van der Waals surface area contributed by atoms with Gasteiger partial charge in [0, 0.05) is 37.7 Å². The lowest BCUT2D eigenvalue weighted by atomic mass is 9.86. The van der Waals surface area contributed by atoms with Crippen LogP contribution in [0.4, 0.5) is 0 Å². The number of benzene rings is 1. The SMILES string of the molecule is CC(C)C(=O)N1CCN(C(=O)c2ccc(C(C)(C)C)cc2)CC1. The van der Waals surface area contributed by atoms with Gasteiger partial charge in [0.1, 0.15) is 0 Å². The molecular weight excluding hydrogens is 288 g/mol. The van der Waals surface area contributed by atoms with E-state index in [4.69, 9.17) is 0 Å². The van der Waals surface area contributed by atoms with Gasteiger partial charge < -0.3 is 9.80 Å². The number of hydrogen-bond donors (Lipinski definition) is 0. The Labute approximate surface area is 139 Å². The van der Waals surface area contributed by atoms with Crippen LogP contribution in [0.2, 0.25) is 0 Å². The molecule has 1 fully saturated rings. The number of amides is 2. The fraction of sp³-hybridized carbons (Fsp3) is 0.579. The molecule has 0 radical (unpaired) electrons. The Kier molecular flexibility index (Phi) is 5.12. The molecule has 0 aliphatic carbocycles. The van der Waals surface area contributed by atoms with E-state index in [2.05, 4.69) is 20.8 Å². The van der Waals surface area contributed by atoms with Crippen molar-refractivity contribution in [1.82, 2.24) is 9.80 Å². The Morgan fingerprint density at radius 3 is 1.83 bits per heavy atom. The molecule has 23 heavy (non-hydrogen) atoms. The first-order chi connectivity index (χ1) is 10.7. The highest BCUT2D eigenvalue weighted by molar-refractivity contribution is 5.94. The molecule has 0 aromatic heterocycles. The average Bonchev–Trinajstić information content (AvgIpc) is 2.53. The molecule has 0 atom stereocenters. The summed E-state index contributed by atoms with van der Waals surface area (Å²) in [6.07, 6.45) is 0. The molecular formula is C19H28N2O2. The Morgan fingerprint density at radius 2 is 1.39 bits per heavy atom. The van der Waals surface area contributed by atoms with Gasteiger partial charge in [-0.15, -0.1) is 0 Å². The van der Waals surface area contributed by atoms with E-state index in [1.165, 1.54) is 5.56 Å². The predicted molar refractivity (Wildman–Crippen MR) is 92.5 cm³/mol. The number of piperazine rings is 1. The molecule has 126 valence electrons. The van der Waals surface area contributed by atoms with Crippen LogP contribution in [0.5, 0.6) is 0 Å². The summed E-state index contributed by atoms with van der Waals surface area (Å²) in [4.78, 5) is 28.3. The van der Waals surface area contributed by atoms with Crippen LogP contribution in [0.15, 0.2) is 24.3 Å². The van der Waals surface area contributed by atoms with Crippen LogP contribution >= 0.6 is 0 Å². The van der Waals surface area contributed by atoms with Crippen LogP contribution in [-0.2, 0) is 10.2 Å². The van der Waals surface area contributed by atoms with Crippen LogP contribution in [0.25, 0.3) is 0 Å². The van der Waals surface area contributed by atoms with Gasteiger partial charge in [0.15, 0.2) is 0 Å². The molecule has 2 rings (SSSR count). The van der Waals surface area contributed by atoms with E-state index in [9.17, 15) is 9.59 Å². The summed E-state index contributed by atoms with van der Waals surface area (Å²) in [5.41, 5.74) is 2.03. The van der Waals surface area contributed by atoms with Gasteiger partial charge in [-0.05, 0) is 23.1 Å². The van der Waals surface area contributed by atoms with Crippen LogP contribution < -0.4 is 0 Å². The van der Waals surface area contributed by atoms with Crippen LogP contribution in [-0.4, -0.2) is 47.8 Å². The normalized spacial score (nSPS) is 15.9. The van der Waals surface area contributed by atoms with Gasteiger partial charge in [0.25, 0.3) is 5.91 Å².